The van der Waals surface area contributed by atoms with Gasteiger partial charge in [0.05, 0.1) is 11.8 Å². The molecule has 2 amide bonds. The first kappa shape index (κ1) is 21.1. The first-order chi connectivity index (χ1) is 15.3. The number of amides is 2. The number of aryl methyl sites for hydroxylation is 2. The Morgan fingerprint density at radius 3 is 2.47 bits per heavy atom. The van der Waals surface area contributed by atoms with Gasteiger partial charge in [0, 0.05) is 23.9 Å². The number of ketones is 1. The first-order valence-electron chi connectivity index (χ1n) is 10.1. The van der Waals surface area contributed by atoms with Gasteiger partial charge in [0.1, 0.15) is 17.6 Å². The zero-order valence-corrected chi connectivity index (χ0v) is 17.9. The average Bonchev–Trinajstić information content (AvgIpc) is 3.36. The summed E-state index contributed by atoms with van der Waals surface area (Å²) < 4.78 is 5.56. The van der Waals surface area contributed by atoms with Crippen LogP contribution in [0.25, 0.3) is 5.76 Å². The molecule has 3 aromatic rings. The number of nitrogens with zero attached hydrogens (tertiary/aromatic N) is 1. The summed E-state index contributed by atoms with van der Waals surface area (Å²) in [6, 6.07) is 14.3. The van der Waals surface area contributed by atoms with Crippen LogP contribution in [0.15, 0.2) is 70.9 Å². The topological polar surface area (TPSA) is 99.9 Å². The highest BCUT2D eigenvalue weighted by Crippen LogP contribution is 2.42. The normalized spacial score (nSPS) is 17.6. The number of aliphatic hydroxyl groups excluding tert-OH is 1. The number of hydrogen-bond donors (Lipinski definition) is 2. The molecule has 4 rings (SSSR count). The molecule has 2 N–H and O–H groups in total. The highest BCUT2D eigenvalue weighted by molar-refractivity contribution is 6.51. The standard InChI is InChI=1S/C25H22N2O5/c1-14-9-10-17(12-15(14)2)23(29)21-22(20-8-5-11-32-20)27(25(31)24(21)30)19-7-4-6-18(13-19)26-16(3)28/h4-13,22,29H,1-3H3,(H,26,28)/b23-21-. The number of furan rings is 1. The molecule has 1 unspecified atom stereocenters. The van der Waals surface area contributed by atoms with Crippen molar-refractivity contribution >= 4 is 34.7 Å². The Kier molecular flexibility index (Phi) is 5.40. The lowest BCUT2D eigenvalue weighted by Gasteiger charge is -2.24. The second-order valence-corrected chi connectivity index (χ2v) is 7.72. The molecule has 7 heteroatoms. The van der Waals surface area contributed by atoms with Gasteiger partial charge in [0.15, 0.2) is 0 Å². The second-order valence-electron chi connectivity index (χ2n) is 7.72. The second kappa shape index (κ2) is 8.19. The van der Waals surface area contributed by atoms with Crippen molar-refractivity contribution in [2.75, 3.05) is 10.2 Å². The quantitative estimate of drug-likeness (QED) is 0.361. The van der Waals surface area contributed by atoms with Crippen LogP contribution in [-0.4, -0.2) is 22.7 Å². The number of rotatable bonds is 4. The summed E-state index contributed by atoms with van der Waals surface area (Å²) in [4.78, 5) is 39.0. The Balaban J connectivity index is 1.89. The molecular formula is C25H22N2O5. The first-order valence-corrected chi connectivity index (χ1v) is 10.1. The van der Waals surface area contributed by atoms with E-state index in [0.717, 1.165) is 11.1 Å². The van der Waals surface area contributed by atoms with Crippen LogP contribution in [-0.2, 0) is 14.4 Å². The predicted molar refractivity (Wildman–Crippen MR) is 120 cm³/mol. The van der Waals surface area contributed by atoms with E-state index in [0.29, 0.717) is 22.7 Å². The van der Waals surface area contributed by atoms with Crippen molar-refractivity contribution in [3.8, 4) is 0 Å². The van der Waals surface area contributed by atoms with Crippen molar-refractivity contribution in [2.24, 2.45) is 0 Å². The maximum atomic E-state index is 13.1. The average molecular weight is 430 g/mol. The van der Waals surface area contributed by atoms with Crippen molar-refractivity contribution in [3.05, 3.63) is 88.9 Å². The Morgan fingerprint density at radius 2 is 1.81 bits per heavy atom. The van der Waals surface area contributed by atoms with Gasteiger partial charge in [-0.3, -0.25) is 19.3 Å². The zero-order chi connectivity index (χ0) is 23.0. The van der Waals surface area contributed by atoms with Gasteiger partial charge in [0.25, 0.3) is 11.7 Å². The van der Waals surface area contributed by atoms with Crippen molar-refractivity contribution in [1.29, 1.82) is 0 Å². The summed E-state index contributed by atoms with van der Waals surface area (Å²) in [5.41, 5.74) is 3.23. The molecule has 1 fully saturated rings. The number of Topliss-reactive ketones (excluding diaryl/α,β-unsaturated/α-hetero) is 1. The minimum absolute atomic E-state index is 0.0573. The fraction of sp³-hybridized carbons (Fsp3) is 0.160. The van der Waals surface area contributed by atoms with Crippen LogP contribution in [0.2, 0.25) is 0 Å². The van der Waals surface area contributed by atoms with Crippen molar-refractivity contribution in [2.45, 2.75) is 26.8 Å². The van der Waals surface area contributed by atoms with Crippen LogP contribution < -0.4 is 10.2 Å². The highest BCUT2D eigenvalue weighted by atomic mass is 16.3. The molecule has 0 spiro atoms. The molecule has 7 nitrogen and oxygen atoms in total. The largest absolute Gasteiger partial charge is 0.507 e. The van der Waals surface area contributed by atoms with Gasteiger partial charge in [-0.15, -0.1) is 0 Å². The Morgan fingerprint density at radius 1 is 1.03 bits per heavy atom. The van der Waals surface area contributed by atoms with Gasteiger partial charge >= 0.3 is 0 Å². The molecule has 1 saturated heterocycles. The Hall–Kier alpha value is -4.13. The third-order valence-corrected chi connectivity index (χ3v) is 5.48. The number of anilines is 2. The molecule has 0 aliphatic carbocycles. The third kappa shape index (κ3) is 3.69. The van der Waals surface area contributed by atoms with E-state index in [1.54, 1.807) is 48.5 Å². The molecule has 162 valence electrons. The summed E-state index contributed by atoms with van der Waals surface area (Å²) in [6.45, 7) is 5.23. The molecule has 0 radical (unpaired) electrons. The van der Waals surface area contributed by atoms with E-state index in [2.05, 4.69) is 5.32 Å². The summed E-state index contributed by atoms with van der Waals surface area (Å²) in [5, 5.41) is 13.8. The van der Waals surface area contributed by atoms with Gasteiger partial charge in [-0.25, -0.2) is 0 Å². The highest BCUT2D eigenvalue weighted by Gasteiger charge is 2.48. The monoisotopic (exact) mass is 430 g/mol. The maximum Gasteiger partial charge on any atom is 0.300 e. The van der Waals surface area contributed by atoms with Crippen LogP contribution in [0.4, 0.5) is 11.4 Å². The maximum absolute atomic E-state index is 13.1. The number of hydrogen-bond acceptors (Lipinski definition) is 5. The minimum Gasteiger partial charge on any atom is -0.507 e. The molecule has 0 bridgehead atoms. The zero-order valence-electron chi connectivity index (χ0n) is 17.9. The van der Waals surface area contributed by atoms with Crippen LogP contribution >= 0.6 is 0 Å². The predicted octanol–water partition coefficient (Wildman–Crippen LogP) is 4.48. The SMILES string of the molecule is CC(=O)Nc1cccc(N2C(=O)C(=O)/C(=C(\O)c3ccc(C)c(C)c3)C2c2ccco2)c1. The van der Waals surface area contributed by atoms with Crippen molar-refractivity contribution < 1.29 is 23.9 Å². The fourth-order valence-electron chi connectivity index (χ4n) is 3.80. The number of benzene rings is 2. The summed E-state index contributed by atoms with van der Waals surface area (Å²) in [5.74, 6) is -1.81. The molecule has 32 heavy (non-hydrogen) atoms. The van der Waals surface area contributed by atoms with Crippen LogP contribution in [0.1, 0.15) is 35.4 Å². The molecule has 1 aliphatic heterocycles. The molecular weight excluding hydrogens is 408 g/mol. The summed E-state index contributed by atoms with van der Waals surface area (Å²) in [7, 11) is 0. The van der Waals surface area contributed by atoms with Crippen molar-refractivity contribution in [3.63, 3.8) is 0 Å². The van der Waals surface area contributed by atoms with Crippen LogP contribution in [0.5, 0.6) is 0 Å². The number of carbonyl (C=O) groups excluding carboxylic acids is 3. The van der Waals surface area contributed by atoms with Gasteiger partial charge in [-0.1, -0.05) is 18.2 Å². The molecule has 1 atom stereocenters. The van der Waals surface area contributed by atoms with Gasteiger partial charge < -0.3 is 14.8 Å². The fourth-order valence-corrected chi connectivity index (χ4v) is 3.80. The third-order valence-electron chi connectivity index (χ3n) is 5.48. The molecule has 1 aromatic heterocycles. The molecule has 2 aromatic carbocycles. The van der Waals surface area contributed by atoms with Crippen LogP contribution in [0.3, 0.4) is 0 Å². The molecule has 2 heterocycles. The van der Waals surface area contributed by atoms with E-state index in [1.807, 2.05) is 19.9 Å². The number of carbonyl (C=O) groups is 3. The summed E-state index contributed by atoms with van der Waals surface area (Å²) in [6.07, 6.45) is 1.44. The summed E-state index contributed by atoms with van der Waals surface area (Å²) >= 11 is 0. The van der Waals surface area contributed by atoms with E-state index < -0.39 is 17.7 Å². The minimum atomic E-state index is -0.959. The van der Waals surface area contributed by atoms with Crippen LogP contribution in [0, 0.1) is 13.8 Å². The van der Waals surface area contributed by atoms with E-state index in [1.165, 1.54) is 18.1 Å². The van der Waals surface area contributed by atoms with E-state index in [9.17, 15) is 19.5 Å². The van der Waals surface area contributed by atoms with E-state index in [-0.39, 0.29) is 17.2 Å². The van der Waals surface area contributed by atoms with Gasteiger partial charge in [-0.05, 0) is 61.4 Å². The molecule has 0 saturated carbocycles. The molecule has 1 aliphatic rings. The Labute approximate surface area is 185 Å². The van der Waals surface area contributed by atoms with Gasteiger partial charge in [-0.2, -0.15) is 0 Å². The lowest BCUT2D eigenvalue weighted by Crippen LogP contribution is -2.29. The smallest absolute Gasteiger partial charge is 0.300 e. The number of nitrogens with one attached hydrogen (secondary N) is 1. The number of aliphatic hydroxyl groups is 1. The van der Waals surface area contributed by atoms with Crippen molar-refractivity contribution in [1.82, 2.24) is 0 Å². The van der Waals surface area contributed by atoms with E-state index in [4.69, 9.17) is 4.42 Å². The van der Waals surface area contributed by atoms with E-state index >= 15 is 0 Å². The lowest BCUT2D eigenvalue weighted by atomic mass is 9.97. The lowest BCUT2D eigenvalue weighted by molar-refractivity contribution is -0.132. The van der Waals surface area contributed by atoms with Gasteiger partial charge in [0.2, 0.25) is 5.91 Å². The Bertz CT molecular complexity index is 1260.